The van der Waals surface area contributed by atoms with Crippen molar-refractivity contribution in [3.63, 3.8) is 0 Å². The summed E-state index contributed by atoms with van der Waals surface area (Å²) in [5.41, 5.74) is 2.33. The van der Waals surface area contributed by atoms with Gasteiger partial charge in [0, 0.05) is 6.04 Å². The van der Waals surface area contributed by atoms with E-state index in [1.807, 2.05) is 0 Å². The molecule has 1 aliphatic rings. The van der Waals surface area contributed by atoms with E-state index in [0.29, 0.717) is 17.5 Å². The zero-order chi connectivity index (χ0) is 13.2. The van der Waals surface area contributed by atoms with Crippen molar-refractivity contribution in [2.45, 2.75) is 38.6 Å². The van der Waals surface area contributed by atoms with Crippen LogP contribution in [0.5, 0.6) is 0 Å². The normalized spacial score (nSPS) is 23.2. The maximum absolute atomic E-state index is 9.25. The Morgan fingerprint density at radius 3 is 3.00 bits per heavy atom. The van der Waals surface area contributed by atoms with E-state index in [1.54, 1.807) is 23.2 Å². The minimum atomic E-state index is 0.432. The van der Waals surface area contributed by atoms with Crippen LogP contribution in [0.2, 0.25) is 0 Å². The number of nitriles is 1. The van der Waals surface area contributed by atoms with Gasteiger partial charge in [-0.15, -0.1) is 0 Å². The van der Waals surface area contributed by atoms with Crippen LogP contribution < -0.4 is 5.32 Å². The van der Waals surface area contributed by atoms with Crippen LogP contribution in [0.15, 0.2) is 18.7 Å². The number of hydrogen-bond acceptors (Lipinski definition) is 4. The van der Waals surface area contributed by atoms with Crippen LogP contribution in [-0.2, 0) is 0 Å². The summed E-state index contributed by atoms with van der Waals surface area (Å²) in [6.07, 6.45) is 9.99. The topological polar surface area (TPSA) is 66.0 Å². The summed E-state index contributed by atoms with van der Waals surface area (Å²) < 4.78 is 1.71. The molecule has 0 amide bonds. The highest BCUT2D eigenvalue weighted by Crippen LogP contribution is 2.29. The van der Waals surface area contributed by atoms with Crippen LogP contribution in [0, 0.1) is 17.2 Å². The van der Waals surface area contributed by atoms with Gasteiger partial charge in [-0.1, -0.05) is 19.8 Å². The molecule has 0 aliphatic heterocycles. The predicted molar refractivity (Wildman–Crippen MR) is 72.7 cm³/mol. The third kappa shape index (κ3) is 2.14. The summed E-state index contributed by atoms with van der Waals surface area (Å²) in [5, 5.41) is 17.0. The second kappa shape index (κ2) is 4.88. The number of fused-ring (bicyclic) bond motifs is 1. The molecule has 1 N–H and O–H groups in total. The molecule has 5 heteroatoms. The highest BCUT2D eigenvalue weighted by Gasteiger charge is 2.23. The number of rotatable bonds is 2. The summed E-state index contributed by atoms with van der Waals surface area (Å²) >= 11 is 0. The fourth-order valence-electron chi connectivity index (χ4n) is 2.83. The molecule has 3 rings (SSSR count). The number of aromatic nitrogens is 3. The van der Waals surface area contributed by atoms with E-state index in [-0.39, 0.29) is 0 Å². The standard InChI is InChI=1S/C14H17N5/c1-10-4-2-3-5-12(10)18-14-11(6-15)7-17-19-9-16-8-13(14)19/h7-10,12,18H,2-5H2,1H3. The van der Waals surface area contributed by atoms with Gasteiger partial charge in [-0.2, -0.15) is 10.4 Å². The van der Waals surface area contributed by atoms with Gasteiger partial charge in [0.15, 0.2) is 0 Å². The summed E-state index contributed by atoms with van der Waals surface area (Å²) in [7, 11) is 0. The molecule has 2 aromatic rings. The molecule has 1 fully saturated rings. The molecule has 0 aromatic carbocycles. The van der Waals surface area contributed by atoms with Crippen LogP contribution in [0.3, 0.4) is 0 Å². The maximum Gasteiger partial charge on any atom is 0.117 e. The van der Waals surface area contributed by atoms with E-state index in [4.69, 9.17) is 0 Å². The SMILES string of the molecule is CC1CCCCC1Nc1c(C#N)cnn2cncc12. The van der Waals surface area contributed by atoms with E-state index in [0.717, 1.165) is 17.6 Å². The summed E-state index contributed by atoms with van der Waals surface area (Å²) in [5.74, 6) is 0.636. The highest BCUT2D eigenvalue weighted by atomic mass is 15.2. The number of imidazole rings is 1. The van der Waals surface area contributed by atoms with Crippen molar-refractivity contribution in [1.29, 1.82) is 5.26 Å². The van der Waals surface area contributed by atoms with Gasteiger partial charge in [0.05, 0.1) is 23.6 Å². The lowest BCUT2D eigenvalue weighted by Crippen LogP contribution is -2.30. The maximum atomic E-state index is 9.25. The monoisotopic (exact) mass is 255 g/mol. The third-order valence-electron chi connectivity index (χ3n) is 4.02. The second-order valence-electron chi connectivity index (χ2n) is 5.28. The van der Waals surface area contributed by atoms with Gasteiger partial charge in [0.2, 0.25) is 0 Å². The minimum Gasteiger partial charge on any atom is -0.379 e. The molecule has 1 aliphatic carbocycles. The molecule has 2 atom stereocenters. The lowest BCUT2D eigenvalue weighted by Gasteiger charge is -2.30. The molecule has 2 unspecified atom stereocenters. The Hall–Kier alpha value is -2.09. The first-order chi connectivity index (χ1) is 9.29. The Kier molecular flexibility index (Phi) is 3.08. The molecule has 2 heterocycles. The Labute approximate surface area is 112 Å². The van der Waals surface area contributed by atoms with Crippen LogP contribution in [-0.4, -0.2) is 20.6 Å². The van der Waals surface area contributed by atoms with Crippen molar-refractivity contribution in [3.05, 3.63) is 24.3 Å². The summed E-state index contributed by atoms with van der Waals surface area (Å²) in [4.78, 5) is 4.10. The first-order valence-electron chi connectivity index (χ1n) is 6.77. The van der Waals surface area contributed by atoms with Crippen LogP contribution in [0.4, 0.5) is 5.69 Å². The molecule has 2 aromatic heterocycles. The van der Waals surface area contributed by atoms with Crippen molar-refractivity contribution in [2.75, 3.05) is 5.32 Å². The van der Waals surface area contributed by atoms with Crippen molar-refractivity contribution in [2.24, 2.45) is 5.92 Å². The van der Waals surface area contributed by atoms with Crippen LogP contribution in [0.25, 0.3) is 5.52 Å². The van der Waals surface area contributed by atoms with Gasteiger partial charge in [0.25, 0.3) is 0 Å². The van der Waals surface area contributed by atoms with Gasteiger partial charge in [-0.25, -0.2) is 9.50 Å². The van der Waals surface area contributed by atoms with Gasteiger partial charge in [-0.3, -0.25) is 0 Å². The number of nitrogens with one attached hydrogen (secondary N) is 1. The fraction of sp³-hybridized carbons (Fsp3) is 0.500. The molecule has 0 bridgehead atoms. The number of anilines is 1. The Morgan fingerprint density at radius 2 is 2.21 bits per heavy atom. The van der Waals surface area contributed by atoms with E-state index in [9.17, 15) is 5.26 Å². The molecule has 19 heavy (non-hydrogen) atoms. The van der Waals surface area contributed by atoms with Gasteiger partial charge >= 0.3 is 0 Å². The molecule has 5 nitrogen and oxygen atoms in total. The summed E-state index contributed by atoms with van der Waals surface area (Å²) in [6, 6.07) is 2.65. The predicted octanol–water partition coefficient (Wildman–Crippen LogP) is 2.59. The van der Waals surface area contributed by atoms with Crippen molar-refractivity contribution in [3.8, 4) is 6.07 Å². The number of hydrogen-bond donors (Lipinski definition) is 1. The van der Waals surface area contributed by atoms with Crippen LogP contribution in [0.1, 0.15) is 38.2 Å². The Balaban J connectivity index is 1.98. The molecule has 0 radical (unpaired) electrons. The second-order valence-corrected chi connectivity index (χ2v) is 5.28. The smallest absolute Gasteiger partial charge is 0.117 e. The van der Waals surface area contributed by atoms with Crippen molar-refractivity contribution in [1.82, 2.24) is 14.6 Å². The van der Waals surface area contributed by atoms with Crippen molar-refractivity contribution >= 4 is 11.2 Å². The Morgan fingerprint density at radius 1 is 1.37 bits per heavy atom. The summed E-state index contributed by atoms with van der Waals surface area (Å²) in [6.45, 7) is 2.28. The van der Waals surface area contributed by atoms with E-state index < -0.39 is 0 Å². The van der Waals surface area contributed by atoms with Crippen LogP contribution >= 0.6 is 0 Å². The average Bonchev–Trinajstić information content (AvgIpc) is 2.90. The molecule has 98 valence electrons. The molecule has 0 saturated heterocycles. The average molecular weight is 255 g/mol. The molecule has 0 spiro atoms. The molecule has 1 saturated carbocycles. The fourth-order valence-corrected chi connectivity index (χ4v) is 2.83. The Bertz CT molecular complexity index is 624. The molecular weight excluding hydrogens is 238 g/mol. The van der Waals surface area contributed by atoms with Gasteiger partial charge in [0.1, 0.15) is 17.9 Å². The van der Waals surface area contributed by atoms with Crippen molar-refractivity contribution < 1.29 is 0 Å². The first kappa shape index (κ1) is 12.0. The molecular formula is C14H17N5. The quantitative estimate of drug-likeness (QED) is 0.895. The zero-order valence-electron chi connectivity index (χ0n) is 11.0. The van der Waals surface area contributed by atoms with E-state index >= 15 is 0 Å². The largest absolute Gasteiger partial charge is 0.379 e. The lowest BCUT2D eigenvalue weighted by atomic mass is 9.85. The van der Waals surface area contributed by atoms with Gasteiger partial charge in [-0.05, 0) is 18.8 Å². The zero-order valence-corrected chi connectivity index (χ0v) is 11.0. The minimum absolute atomic E-state index is 0.432. The first-order valence-corrected chi connectivity index (χ1v) is 6.77. The van der Waals surface area contributed by atoms with E-state index in [1.165, 1.54) is 19.3 Å². The highest BCUT2D eigenvalue weighted by molar-refractivity contribution is 5.76. The lowest BCUT2D eigenvalue weighted by molar-refractivity contribution is 0.349. The van der Waals surface area contributed by atoms with E-state index in [2.05, 4.69) is 28.4 Å². The third-order valence-corrected chi connectivity index (χ3v) is 4.02. The number of nitrogens with zero attached hydrogens (tertiary/aromatic N) is 4. The van der Waals surface area contributed by atoms with Gasteiger partial charge < -0.3 is 5.32 Å².